The molecular weight excluding hydrogens is 358 g/mol. The lowest BCUT2D eigenvalue weighted by Gasteiger charge is -2.18. The summed E-state index contributed by atoms with van der Waals surface area (Å²) in [5.41, 5.74) is 1.30. The highest BCUT2D eigenvalue weighted by atomic mass is 35.5. The van der Waals surface area contributed by atoms with Crippen molar-refractivity contribution < 1.29 is 23.8 Å². The normalized spacial score (nSPS) is 10.2. The molecule has 0 saturated carbocycles. The molecule has 0 spiro atoms. The van der Waals surface area contributed by atoms with Gasteiger partial charge < -0.3 is 19.1 Å². The van der Waals surface area contributed by atoms with Gasteiger partial charge in [0.15, 0.2) is 18.1 Å². The Balaban J connectivity index is 1.97. The molecule has 2 aromatic rings. The first-order chi connectivity index (χ1) is 12.4. The van der Waals surface area contributed by atoms with Crippen molar-refractivity contribution in [2.24, 2.45) is 0 Å². The van der Waals surface area contributed by atoms with Crippen molar-refractivity contribution in [2.45, 2.75) is 6.54 Å². The van der Waals surface area contributed by atoms with E-state index in [1.54, 1.807) is 36.2 Å². The summed E-state index contributed by atoms with van der Waals surface area (Å²) in [7, 11) is 4.45. The maximum atomic E-state index is 12.3. The number of benzene rings is 2. The van der Waals surface area contributed by atoms with Crippen molar-refractivity contribution in [3.8, 4) is 11.5 Å². The molecule has 138 valence electrons. The van der Waals surface area contributed by atoms with Gasteiger partial charge in [0.05, 0.1) is 19.8 Å². The van der Waals surface area contributed by atoms with Crippen LogP contribution in [0.15, 0.2) is 42.5 Å². The van der Waals surface area contributed by atoms with Gasteiger partial charge in [0.2, 0.25) is 0 Å². The van der Waals surface area contributed by atoms with Gasteiger partial charge >= 0.3 is 5.97 Å². The number of rotatable bonds is 7. The van der Waals surface area contributed by atoms with E-state index in [0.29, 0.717) is 28.6 Å². The third-order valence-corrected chi connectivity index (χ3v) is 3.95. The molecule has 0 atom stereocenters. The Morgan fingerprint density at radius 1 is 1.04 bits per heavy atom. The first kappa shape index (κ1) is 19.6. The number of hydrogen-bond acceptors (Lipinski definition) is 5. The minimum Gasteiger partial charge on any atom is -0.493 e. The summed E-state index contributed by atoms with van der Waals surface area (Å²) in [6.07, 6.45) is 0. The zero-order chi connectivity index (χ0) is 19.1. The summed E-state index contributed by atoms with van der Waals surface area (Å²) in [6.45, 7) is 0.287. The number of likely N-dealkylation sites (N-methyl/N-ethyl adjacent to an activating group) is 1. The van der Waals surface area contributed by atoms with E-state index in [4.69, 9.17) is 21.1 Å². The van der Waals surface area contributed by atoms with Gasteiger partial charge in [-0.2, -0.15) is 0 Å². The van der Waals surface area contributed by atoms with Crippen molar-refractivity contribution in [2.75, 3.05) is 27.9 Å². The van der Waals surface area contributed by atoms with E-state index in [-0.39, 0.29) is 12.5 Å². The van der Waals surface area contributed by atoms with Crippen LogP contribution in [-0.4, -0.2) is 44.7 Å². The Hall–Kier alpha value is -2.73. The average Bonchev–Trinajstić information content (AvgIpc) is 2.66. The predicted molar refractivity (Wildman–Crippen MR) is 97.8 cm³/mol. The maximum Gasteiger partial charge on any atom is 0.337 e. The van der Waals surface area contributed by atoms with Gasteiger partial charge in [-0.3, -0.25) is 4.79 Å². The number of esters is 1. The predicted octanol–water partition coefficient (Wildman–Crippen LogP) is 3.17. The fourth-order valence-corrected chi connectivity index (χ4v) is 2.36. The Morgan fingerprint density at radius 3 is 2.35 bits per heavy atom. The summed E-state index contributed by atoms with van der Waals surface area (Å²) in [5, 5.41) is 0.647. The van der Waals surface area contributed by atoms with Crippen molar-refractivity contribution in [1.82, 2.24) is 4.90 Å². The molecule has 0 heterocycles. The number of methoxy groups -OCH3 is 2. The minimum absolute atomic E-state index is 0.155. The van der Waals surface area contributed by atoms with Gasteiger partial charge in [-0.25, -0.2) is 4.79 Å². The molecule has 0 fully saturated rings. The van der Waals surface area contributed by atoms with Crippen LogP contribution < -0.4 is 9.47 Å². The van der Waals surface area contributed by atoms with Gasteiger partial charge in [-0.15, -0.1) is 0 Å². The van der Waals surface area contributed by atoms with Crippen LogP contribution in [0.4, 0.5) is 0 Å². The molecule has 7 heteroatoms. The lowest BCUT2D eigenvalue weighted by Crippen LogP contribution is -2.31. The lowest BCUT2D eigenvalue weighted by molar-refractivity contribution is -0.132. The van der Waals surface area contributed by atoms with Crippen LogP contribution in [0, 0.1) is 0 Å². The smallest absolute Gasteiger partial charge is 0.337 e. The first-order valence-electron chi connectivity index (χ1n) is 7.82. The molecule has 0 aliphatic rings. The highest BCUT2D eigenvalue weighted by Gasteiger charge is 2.14. The largest absolute Gasteiger partial charge is 0.493 e. The van der Waals surface area contributed by atoms with Gasteiger partial charge in [0.1, 0.15) is 0 Å². The van der Waals surface area contributed by atoms with Crippen LogP contribution in [0.5, 0.6) is 11.5 Å². The van der Waals surface area contributed by atoms with Gasteiger partial charge in [0, 0.05) is 18.6 Å². The SMILES string of the molecule is COC(=O)c1ccc(OCC(=O)N(C)Cc2ccc(Cl)cc2)c(OC)c1. The summed E-state index contributed by atoms with van der Waals surface area (Å²) in [6, 6.07) is 11.9. The van der Waals surface area contributed by atoms with Crippen LogP contribution in [0.2, 0.25) is 5.02 Å². The number of hydrogen-bond donors (Lipinski definition) is 0. The Kier molecular flexibility index (Phi) is 6.86. The molecule has 2 rings (SSSR count). The van der Waals surface area contributed by atoms with Crippen molar-refractivity contribution in [3.05, 3.63) is 58.6 Å². The fourth-order valence-electron chi connectivity index (χ4n) is 2.23. The van der Waals surface area contributed by atoms with E-state index in [2.05, 4.69) is 4.74 Å². The quantitative estimate of drug-likeness (QED) is 0.693. The van der Waals surface area contributed by atoms with E-state index in [9.17, 15) is 9.59 Å². The molecule has 26 heavy (non-hydrogen) atoms. The van der Waals surface area contributed by atoms with Gasteiger partial charge in [-0.1, -0.05) is 23.7 Å². The zero-order valence-corrected chi connectivity index (χ0v) is 15.6. The van der Waals surface area contributed by atoms with E-state index in [1.165, 1.54) is 20.3 Å². The van der Waals surface area contributed by atoms with Crippen molar-refractivity contribution >= 4 is 23.5 Å². The van der Waals surface area contributed by atoms with Crippen molar-refractivity contribution in [1.29, 1.82) is 0 Å². The van der Waals surface area contributed by atoms with Crippen LogP contribution in [0.1, 0.15) is 15.9 Å². The molecule has 0 aliphatic heterocycles. The molecule has 0 saturated heterocycles. The Bertz CT molecular complexity index is 776. The van der Waals surface area contributed by atoms with Gasteiger partial charge in [0.25, 0.3) is 5.91 Å². The zero-order valence-electron chi connectivity index (χ0n) is 14.8. The molecule has 1 amide bonds. The second-order valence-electron chi connectivity index (χ2n) is 5.52. The molecule has 0 N–H and O–H groups in total. The first-order valence-corrected chi connectivity index (χ1v) is 8.20. The van der Waals surface area contributed by atoms with Crippen LogP contribution in [0.3, 0.4) is 0 Å². The number of ether oxygens (including phenoxy) is 3. The molecule has 0 bridgehead atoms. The Morgan fingerprint density at radius 2 is 1.73 bits per heavy atom. The highest BCUT2D eigenvalue weighted by Crippen LogP contribution is 2.28. The number of amides is 1. The summed E-state index contributed by atoms with van der Waals surface area (Å²) in [4.78, 5) is 25.4. The third-order valence-electron chi connectivity index (χ3n) is 3.69. The number of halogens is 1. The van der Waals surface area contributed by atoms with Gasteiger partial charge in [-0.05, 0) is 35.9 Å². The second-order valence-corrected chi connectivity index (χ2v) is 5.96. The van der Waals surface area contributed by atoms with E-state index < -0.39 is 5.97 Å². The molecule has 0 radical (unpaired) electrons. The topological polar surface area (TPSA) is 65.1 Å². The van der Waals surface area contributed by atoms with Crippen molar-refractivity contribution in [3.63, 3.8) is 0 Å². The van der Waals surface area contributed by atoms with Crippen LogP contribution >= 0.6 is 11.6 Å². The number of carbonyl (C=O) groups is 2. The molecule has 0 aliphatic carbocycles. The average molecular weight is 378 g/mol. The number of carbonyl (C=O) groups excluding carboxylic acids is 2. The Labute approximate surface area is 157 Å². The fraction of sp³-hybridized carbons (Fsp3) is 0.263. The highest BCUT2D eigenvalue weighted by molar-refractivity contribution is 6.30. The number of nitrogens with zero attached hydrogens (tertiary/aromatic N) is 1. The van der Waals surface area contributed by atoms with Crippen LogP contribution in [0.25, 0.3) is 0 Å². The van der Waals surface area contributed by atoms with E-state index >= 15 is 0 Å². The monoisotopic (exact) mass is 377 g/mol. The molecule has 2 aromatic carbocycles. The van der Waals surface area contributed by atoms with E-state index in [0.717, 1.165) is 5.56 Å². The lowest BCUT2D eigenvalue weighted by atomic mass is 10.2. The molecular formula is C19H20ClNO5. The third kappa shape index (κ3) is 5.13. The summed E-state index contributed by atoms with van der Waals surface area (Å²) < 4.78 is 15.4. The maximum absolute atomic E-state index is 12.3. The minimum atomic E-state index is -0.478. The van der Waals surface area contributed by atoms with Crippen LogP contribution in [-0.2, 0) is 16.1 Å². The standard InChI is InChI=1S/C19H20ClNO5/c1-21(11-13-4-7-15(20)8-5-13)18(22)12-26-16-9-6-14(19(23)25-3)10-17(16)24-2/h4-10H,11-12H2,1-3H3. The molecule has 0 aromatic heterocycles. The van der Waals surface area contributed by atoms with E-state index in [1.807, 2.05) is 12.1 Å². The summed E-state index contributed by atoms with van der Waals surface area (Å²) in [5.74, 6) is 0.0436. The summed E-state index contributed by atoms with van der Waals surface area (Å²) >= 11 is 5.86. The molecule has 6 nitrogen and oxygen atoms in total. The molecule has 0 unspecified atom stereocenters. The second kappa shape index (κ2) is 9.10.